The van der Waals surface area contributed by atoms with Crippen LogP contribution in [-0.4, -0.2) is 24.2 Å². The number of hydrogen-bond acceptors (Lipinski definition) is 4. The van der Waals surface area contributed by atoms with Crippen molar-refractivity contribution in [3.8, 4) is 0 Å². The molecule has 0 saturated carbocycles. The molecule has 0 fully saturated rings. The van der Waals surface area contributed by atoms with E-state index < -0.39 is 6.09 Å². The summed E-state index contributed by atoms with van der Waals surface area (Å²) in [5.74, 6) is -0.230. The number of carbonyl (C=O) groups is 2. The van der Waals surface area contributed by atoms with Crippen molar-refractivity contribution >= 4 is 40.7 Å². The lowest BCUT2D eigenvalue weighted by Crippen LogP contribution is -2.34. The number of rotatable bonds is 6. The quantitative estimate of drug-likeness (QED) is 0.645. The first kappa shape index (κ1) is 20.4. The van der Waals surface area contributed by atoms with Crippen LogP contribution in [0.4, 0.5) is 16.2 Å². The minimum atomic E-state index is -0.662. The Bertz CT molecular complexity index is 809. The van der Waals surface area contributed by atoms with Crippen molar-refractivity contribution in [3.05, 3.63) is 59.7 Å². The van der Waals surface area contributed by atoms with Crippen LogP contribution in [0.15, 0.2) is 48.5 Å². The van der Waals surface area contributed by atoms with Crippen LogP contribution in [0.5, 0.6) is 0 Å². The summed E-state index contributed by atoms with van der Waals surface area (Å²) >= 11 is 5.14. The van der Waals surface area contributed by atoms with Gasteiger partial charge in [0.2, 0.25) is 0 Å². The molecule has 0 saturated heterocycles. The van der Waals surface area contributed by atoms with E-state index in [1.807, 2.05) is 24.3 Å². The van der Waals surface area contributed by atoms with Crippen LogP contribution in [0, 0.1) is 0 Å². The van der Waals surface area contributed by atoms with Crippen molar-refractivity contribution in [1.29, 1.82) is 0 Å². The zero-order valence-electron chi connectivity index (χ0n) is 15.4. The summed E-state index contributed by atoms with van der Waals surface area (Å²) in [5.41, 5.74) is 2.83. The van der Waals surface area contributed by atoms with Crippen LogP contribution >= 0.6 is 12.2 Å². The predicted octanol–water partition coefficient (Wildman–Crippen LogP) is 4.33. The third-order valence-corrected chi connectivity index (χ3v) is 4.04. The molecule has 6 nitrogen and oxygen atoms in total. The molecule has 0 unspecified atom stereocenters. The molecule has 0 radical (unpaired) electrons. The number of methoxy groups -OCH3 is 1. The lowest BCUT2D eigenvalue weighted by molar-refractivity contribution is 0.102. The molecule has 0 aliphatic rings. The number of anilines is 2. The van der Waals surface area contributed by atoms with Crippen molar-refractivity contribution < 1.29 is 14.3 Å². The zero-order valence-corrected chi connectivity index (χ0v) is 16.2. The molecule has 0 heterocycles. The number of nitrogens with one attached hydrogen (secondary N) is 3. The van der Waals surface area contributed by atoms with Crippen LogP contribution in [0.25, 0.3) is 0 Å². The van der Waals surface area contributed by atoms with Crippen molar-refractivity contribution in [2.24, 2.45) is 0 Å². The Hall–Kier alpha value is -2.93. The van der Waals surface area contributed by atoms with Gasteiger partial charge in [-0.05, 0) is 54.9 Å². The molecule has 2 aromatic carbocycles. The Morgan fingerprint density at radius 1 is 1.04 bits per heavy atom. The SMILES string of the molecule is CCCCc1ccc(NC(=O)c2ccccc2)c(NC(=S)NC(=O)OC)c1. The van der Waals surface area contributed by atoms with Gasteiger partial charge in [0.05, 0.1) is 18.5 Å². The van der Waals surface area contributed by atoms with Gasteiger partial charge in [-0.2, -0.15) is 0 Å². The van der Waals surface area contributed by atoms with E-state index in [9.17, 15) is 9.59 Å². The number of unbranched alkanes of at least 4 members (excludes halogenated alkanes) is 1. The van der Waals surface area contributed by atoms with E-state index in [2.05, 4.69) is 27.6 Å². The first-order chi connectivity index (χ1) is 13.0. The third-order valence-electron chi connectivity index (χ3n) is 3.84. The van der Waals surface area contributed by atoms with Crippen molar-refractivity contribution in [2.45, 2.75) is 26.2 Å². The summed E-state index contributed by atoms with van der Waals surface area (Å²) in [6.07, 6.45) is 2.39. The van der Waals surface area contributed by atoms with Crippen molar-refractivity contribution in [2.75, 3.05) is 17.7 Å². The molecule has 27 heavy (non-hydrogen) atoms. The summed E-state index contributed by atoms with van der Waals surface area (Å²) in [6.45, 7) is 2.13. The Balaban J connectivity index is 2.22. The topological polar surface area (TPSA) is 79.5 Å². The lowest BCUT2D eigenvalue weighted by Gasteiger charge is -2.15. The minimum absolute atomic E-state index is 0.0877. The molecule has 0 bridgehead atoms. The second kappa shape index (κ2) is 10.3. The van der Waals surface area contributed by atoms with Crippen LogP contribution < -0.4 is 16.0 Å². The predicted molar refractivity (Wildman–Crippen MR) is 111 cm³/mol. The Kier molecular flexibility index (Phi) is 7.76. The molecule has 0 aliphatic heterocycles. The Morgan fingerprint density at radius 3 is 2.44 bits per heavy atom. The van der Waals surface area contributed by atoms with Gasteiger partial charge in [0, 0.05) is 5.56 Å². The fourth-order valence-electron chi connectivity index (χ4n) is 2.42. The van der Waals surface area contributed by atoms with E-state index in [0.29, 0.717) is 16.9 Å². The summed E-state index contributed by atoms with van der Waals surface area (Å²) in [4.78, 5) is 23.8. The molecule has 2 amide bonds. The van der Waals surface area contributed by atoms with Crippen LogP contribution in [-0.2, 0) is 11.2 Å². The highest BCUT2D eigenvalue weighted by Gasteiger charge is 2.12. The van der Waals surface area contributed by atoms with E-state index in [-0.39, 0.29) is 11.0 Å². The van der Waals surface area contributed by atoms with Gasteiger partial charge in [-0.15, -0.1) is 0 Å². The highest BCUT2D eigenvalue weighted by Crippen LogP contribution is 2.25. The summed E-state index contributed by atoms with van der Waals surface area (Å²) in [5, 5.41) is 8.32. The van der Waals surface area contributed by atoms with Gasteiger partial charge >= 0.3 is 6.09 Å². The average Bonchev–Trinajstić information content (AvgIpc) is 2.68. The number of aryl methyl sites for hydroxylation is 1. The molecular weight excluding hydrogens is 362 g/mol. The number of carbonyl (C=O) groups excluding carboxylic acids is 2. The molecule has 0 aromatic heterocycles. The van der Waals surface area contributed by atoms with Gasteiger partial charge in [-0.1, -0.05) is 37.6 Å². The molecule has 7 heteroatoms. The zero-order chi connectivity index (χ0) is 19.6. The molecule has 2 rings (SSSR count). The molecule has 2 aromatic rings. The maximum atomic E-state index is 12.5. The maximum Gasteiger partial charge on any atom is 0.413 e. The number of amides is 2. The molecule has 0 atom stereocenters. The molecule has 0 spiro atoms. The average molecular weight is 385 g/mol. The first-order valence-electron chi connectivity index (χ1n) is 8.68. The number of ether oxygens (including phenoxy) is 1. The van der Waals surface area contributed by atoms with Crippen molar-refractivity contribution in [3.63, 3.8) is 0 Å². The number of alkyl carbamates (subject to hydrolysis) is 1. The van der Waals surface area contributed by atoms with E-state index in [1.54, 1.807) is 24.3 Å². The maximum absolute atomic E-state index is 12.5. The van der Waals surface area contributed by atoms with E-state index in [0.717, 1.165) is 24.8 Å². The summed E-state index contributed by atoms with van der Waals surface area (Å²) < 4.78 is 4.54. The van der Waals surface area contributed by atoms with Crippen molar-refractivity contribution in [1.82, 2.24) is 5.32 Å². The van der Waals surface area contributed by atoms with Gasteiger partial charge in [-0.3, -0.25) is 10.1 Å². The lowest BCUT2D eigenvalue weighted by atomic mass is 10.1. The first-order valence-corrected chi connectivity index (χ1v) is 9.09. The highest BCUT2D eigenvalue weighted by atomic mass is 32.1. The van der Waals surface area contributed by atoms with Crippen LogP contribution in [0.1, 0.15) is 35.7 Å². The standard InChI is InChI=1S/C20H23N3O3S/c1-3-4-8-14-11-12-16(21-18(24)15-9-6-5-7-10-15)17(13-14)22-19(27)23-20(25)26-2/h5-7,9-13H,3-4,8H2,1-2H3,(H,21,24)(H2,22,23,25,27). The number of benzene rings is 2. The summed E-state index contributed by atoms with van der Waals surface area (Å²) in [6, 6.07) is 14.6. The van der Waals surface area contributed by atoms with Gasteiger partial charge < -0.3 is 15.4 Å². The smallest absolute Gasteiger partial charge is 0.413 e. The van der Waals surface area contributed by atoms with Gasteiger partial charge in [0.15, 0.2) is 5.11 Å². The Morgan fingerprint density at radius 2 is 1.78 bits per heavy atom. The van der Waals surface area contributed by atoms with Crippen LogP contribution in [0.2, 0.25) is 0 Å². The monoisotopic (exact) mass is 385 g/mol. The normalized spacial score (nSPS) is 10.0. The molecule has 142 valence electrons. The largest absolute Gasteiger partial charge is 0.453 e. The fourth-order valence-corrected chi connectivity index (χ4v) is 2.61. The molecular formula is C20H23N3O3S. The van der Waals surface area contributed by atoms with Gasteiger partial charge in [0.1, 0.15) is 0 Å². The number of hydrogen-bond donors (Lipinski definition) is 3. The van der Waals surface area contributed by atoms with E-state index >= 15 is 0 Å². The molecule has 0 aliphatic carbocycles. The Labute approximate surface area is 164 Å². The second-order valence-electron chi connectivity index (χ2n) is 5.87. The molecule has 3 N–H and O–H groups in total. The van der Waals surface area contributed by atoms with E-state index in [1.165, 1.54) is 7.11 Å². The highest BCUT2D eigenvalue weighted by molar-refractivity contribution is 7.80. The number of thiocarbonyl (C=S) groups is 1. The van der Waals surface area contributed by atoms with Crippen LogP contribution in [0.3, 0.4) is 0 Å². The third kappa shape index (κ3) is 6.38. The second-order valence-corrected chi connectivity index (χ2v) is 6.28. The van der Waals surface area contributed by atoms with Gasteiger partial charge in [0.25, 0.3) is 5.91 Å². The minimum Gasteiger partial charge on any atom is -0.453 e. The van der Waals surface area contributed by atoms with E-state index in [4.69, 9.17) is 12.2 Å². The fraction of sp³-hybridized carbons (Fsp3) is 0.250. The van der Waals surface area contributed by atoms with Gasteiger partial charge in [-0.25, -0.2) is 4.79 Å². The summed E-state index contributed by atoms with van der Waals surface area (Å²) in [7, 11) is 1.26.